The summed E-state index contributed by atoms with van der Waals surface area (Å²) in [6.07, 6.45) is 5.82. The normalized spacial score (nSPS) is 20.6. The highest BCUT2D eigenvalue weighted by Crippen LogP contribution is 2.27. The Hall–Kier alpha value is -1.31. The van der Waals surface area contributed by atoms with Crippen molar-refractivity contribution in [2.24, 2.45) is 10.9 Å². The summed E-state index contributed by atoms with van der Waals surface area (Å²) in [5.74, 6) is -1.26. The Labute approximate surface area is 113 Å². The maximum Gasteiger partial charge on any atom is 0.235 e. The number of amides is 1. The molecule has 1 aliphatic carbocycles. The van der Waals surface area contributed by atoms with Gasteiger partial charge in [0.15, 0.2) is 15.7 Å². The van der Waals surface area contributed by atoms with E-state index in [0.717, 1.165) is 31.9 Å². The zero-order valence-corrected chi connectivity index (χ0v) is 11.9. The van der Waals surface area contributed by atoms with Crippen molar-refractivity contribution in [3.05, 3.63) is 0 Å². The highest BCUT2D eigenvalue weighted by atomic mass is 32.2. The number of hydrogen-bond acceptors (Lipinski definition) is 5. The molecule has 0 spiro atoms. The predicted molar refractivity (Wildman–Crippen MR) is 71.7 cm³/mol. The van der Waals surface area contributed by atoms with Crippen LogP contribution in [0.2, 0.25) is 0 Å². The van der Waals surface area contributed by atoms with Gasteiger partial charge in [0.1, 0.15) is 11.3 Å². The molecule has 1 rings (SSSR count). The van der Waals surface area contributed by atoms with Crippen molar-refractivity contribution >= 4 is 21.6 Å². The summed E-state index contributed by atoms with van der Waals surface area (Å²) in [7, 11) is -3.40. The standard InChI is InChI=1S/C11H21N3O4S/c1-19(17,18)8-9(15)13-11(10(12)14-16)6-4-2-3-5-7-11/h16H,2-8H2,1H3,(H2,12,14)(H,13,15). The molecule has 0 aromatic rings. The average molecular weight is 291 g/mol. The molecular formula is C11H21N3O4S. The first-order valence-corrected chi connectivity index (χ1v) is 8.32. The van der Waals surface area contributed by atoms with Crippen LogP contribution in [0.5, 0.6) is 0 Å². The third kappa shape index (κ3) is 4.70. The van der Waals surface area contributed by atoms with Crippen LogP contribution in [0.15, 0.2) is 5.16 Å². The topological polar surface area (TPSA) is 122 Å². The van der Waals surface area contributed by atoms with E-state index >= 15 is 0 Å². The molecule has 0 heterocycles. The molecule has 1 fully saturated rings. The highest BCUT2D eigenvalue weighted by Gasteiger charge is 2.37. The number of rotatable bonds is 4. The van der Waals surface area contributed by atoms with Crippen LogP contribution in [0.4, 0.5) is 0 Å². The van der Waals surface area contributed by atoms with Crippen molar-refractivity contribution in [3.8, 4) is 0 Å². The highest BCUT2D eigenvalue weighted by molar-refractivity contribution is 7.91. The van der Waals surface area contributed by atoms with Crippen LogP contribution in [-0.4, -0.2) is 42.9 Å². The Morgan fingerprint density at radius 2 is 1.84 bits per heavy atom. The molecule has 110 valence electrons. The molecule has 0 saturated heterocycles. The number of amidine groups is 1. The third-order valence-corrected chi connectivity index (χ3v) is 4.11. The summed E-state index contributed by atoms with van der Waals surface area (Å²) < 4.78 is 22.2. The zero-order chi connectivity index (χ0) is 14.5. The van der Waals surface area contributed by atoms with E-state index in [1.807, 2.05) is 0 Å². The maximum absolute atomic E-state index is 11.8. The van der Waals surface area contributed by atoms with Crippen molar-refractivity contribution in [3.63, 3.8) is 0 Å². The summed E-state index contributed by atoms with van der Waals surface area (Å²) in [6.45, 7) is 0. The number of nitrogens with two attached hydrogens (primary N) is 1. The smallest absolute Gasteiger partial charge is 0.235 e. The van der Waals surface area contributed by atoms with E-state index in [4.69, 9.17) is 10.9 Å². The first-order valence-electron chi connectivity index (χ1n) is 6.26. The van der Waals surface area contributed by atoms with E-state index in [-0.39, 0.29) is 5.84 Å². The lowest BCUT2D eigenvalue weighted by atomic mass is 9.89. The minimum absolute atomic E-state index is 0.0590. The second-order valence-electron chi connectivity index (χ2n) is 5.10. The number of nitrogens with one attached hydrogen (secondary N) is 1. The quantitative estimate of drug-likeness (QED) is 0.221. The second-order valence-corrected chi connectivity index (χ2v) is 7.24. The third-order valence-electron chi connectivity index (χ3n) is 3.33. The molecule has 1 amide bonds. The van der Waals surface area contributed by atoms with Crippen molar-refractivity contribution in [2.45, 2.75) is 44.1 Å². The SMILES string of the molecule is CS(=O)(=O)CC(=O)NC1(C(N)=NO)CCCCCC1. The minimum Gasteiger partial charge on any atom is -0.409 e. The number of carbonyl (C=O) groups excluding carboxylic acids is 1. The molecule has 0 atom stereocenters. The van der Waals surface area contributed by atoms with Crippen LogP contribution in [0.3, 0.4) is 0 Å². The molecule has 0 bridgehead atoms. The van der Waals surface area contributed by atoms with Gasteiger partial charge in [0.05, 0.1) is 0 Å². The van der Waals surface area contributed by atoms with Gasteiger partial charge in [-0.15, -0.1) is 0 Å². The number of nitrogens with zero attached hydrogens (tertiary/aromatic N) is 1. The van der Waals surface area contributed by atoms with Gasteiger partial charge in [0, 0.05) is 6.26 Å². The van der Waals surface area contributed by atoms with Crippen LogP contribution in [0.25, 0.3) is 0 Å². The van der Waals surface area contributed by atoms with Gasteiger partial charge in [-0.1, -0.05) is 30.8 Å². The van der Waals surface area contributed by atoms with Crippen molar-refractivity contribution in [2.75, 3.05) is 12.0 Å². The molecule has 0 aromatic heterocycles. The zero-order valence-electron chi connectivity index (χ0n) is 11.1. The molecule has 19 heavy (non-hydrogen) atoms. The van der Waals surface area contributed by atoms with Crippen LogP contribution < -0.4 is 11.1 Å². The Morgan fingerprint density at radius 1 is 1.32 bits per heavy atom. The average Bonchev–Trinajstić information content (AvgIpc) is 2.52. The molecule has 0 aromatic carbocycles. The molecule has 8 heteroatoms. The Kier molecular flexibility index (Phi) is 5.16. The number of hydrogen-bond donors (Lipinski definition) is 3. The largest absolute Gasteiger partial charge is 0.409 e. The predicted octanol–water partition coefficient (Wildman–Crippen LogP) is -0.0134. The van der Waals surface area contributed by atoms with E-state index in [9.17, 15) is 13.2 Å². The lowest BCUT2D eigenvalue weighted by Crippen LogP contribution is -2.58. The van der Waals surface area contributed by atoms with Gasteiger partial charge in [-0.25, -0.2) is 8.42 Å². The van der Waals surface area contributed by atoms with E-state index in [0.29, 0.717) is 12.8 Å². The van der Waals surface area contributed by atoms with Crippen molar-refractivity contribution < 1.29 is 18.4 Å². The summed E-state index contributed by atoms with van der Waals surface area (Å²) >= 11 is 0. The first kappa shape index (κ1) is 15.7. The number of carbonyl (C=O) groups is 1. The Balaban J connectivity index is 2.89. The number of oxime groups is 1. The monoisotopic (exact) mass is 291 g/mol. The number of sulfone groups is 1. The van der Waals surface area contributed by atoms with Gasteiger partial charge in [-0.05, 0) is 12.8 Å². The van der Waals surface area contributed by atoms with Crippen LogP contribution in [-0.2, 0) is 14.6 Å². The van der Waals surface area contributed by atoms with Crippen LogP contribution in [0.1, 0.15) is 38.5 Å². The lowest BCUT2D eigenvalue weighted by molar-refractivity contribution is -0.120. The van der Waals surface area contributed by atoms with Gasteiger partial charge in [-0.3, -0.25) is 4.79 Å². The fourth-order valence-corrected chi connectivity index (χ4v) is 2.96. The van der Waals surface area contributed by atoms with Gasteiger partial charge in [0.25, 0.3) is 0 Å². The summed E-state index contributed by atoms with van der Waals surface area (Å²) in [6, 6.07) is 0. The Morgan fingerprint density at radius 3 is 2.26 bits per heavy atom. The van der Waals surface area contributed by atoms with E-state index in [1.54, 1.807) is 0 Å². The molecule has 7 nitrogen and oxygen atoms in total. The molecule has 4 N–H and O–H groups in total. The van der Waals surface area contributed by atoms with E-state index in [2.05, 4.69) is 10.5 Å². The fourth-order valence-electron chi connectivity index (χ4n) is 2.41. The van der Waals surface area contributed by atoms with E-state index in [1.165, 1.54) is 0 Å². The maximum atomic E-state index is 11.8. The Bertz CT molecular complexity index is 451. The molecule has 0 unspecified atom stereocenters. The van der Waals surface area contributed by atoms with E-state index < -0.39 is 27.0 Å². The second kappa shape index (κ2) is 6.23. The van der Waals surface area contributed by atoms with Crippen molar-refractivity contribution in [1.29, 1.82) is 0 Å². The van der Waals surface area contributed by atoms with Crippen molar-refractivity contribution in [1.82, 2.24) is 5.32 Å². The molecular weight excluding hydrogens is 270 g/mol. The molecule has 0 aliphatic heterocycles. The summed E-state index contributed by atoms with van der Waals surface area (Å²) in [5.41, 5.74) is 4.78. The molecule has 0 radical (unpaired) electrons. The summed E-state index contributed by atoms with van der Waals surface area (Å²) in [4.78, 5) is 11.8. The minimum atomic E-state index is -3.40. The first-order chi connectivity index (χ1) is 8.79. The fraction of sp³-hybridized carbons (Fsp3) is 0.818. The lowest BCUT2D eigenvalue weighted by Gasteiger charge is -2.32. The van der Waals surface area contributed by atoms with Crippen LogP contribution >= 0.6 is 0 Å². The molecule has 1 saturated carbocycles. The van der Waals surface area contributed by atoms with Gasteiger partial charge in [0.2, 0.25) is 5.91 Å². The molecule has 1 aliphatic rings. The van der Waals surface area contributed by atoms with Gasteiger partial charge < -0.3 is 16.3 Å². The van der Waals surface area contributed by atoms with Crippen LogP contribution in [0, 0.1) is 0 Å². The van der Waals surface area contributed by atoms with Gasteiger partial charge in [-0.2, -0.15) is 0 Å². The summed E-state index contributed by atoms with van der Waals surface area (Å²) in [5, 5.41) is 14.5. The van der Waals surface area contributed by atoms with Gasteiger partial charge >= 0.3 is 0 Å².